The van der Waals surface area contributed by atoms with Crippen molar-refractivity contribution in [2.45, 2.75) is 37.1 Å². The summed E-state index contributed by atoms with van der Waals surface area (Å²) in [5, 5.41) is 8.71. The lowest BCUT2D eigenvalue weighted by atomic mass is 10.1. The van der Waals surface area contributed by atoms with Gasteiger partial charge >= 0.3 is 5.97 Å². The first-order valence-corrected chi connectivity index (χ1v) is 7.84. The van der Waals surface area contributed by atoms with Gasteiger partial charge in [-0.05, 0) is 24.6 Å². The number of sulfonamides is 1. The molecule has 1 aromatic carbocycles. The number of hydrogen-bond donors (Lipinski definition) is 2. The normalized spacial score (nSPS) is 13.2. The molecular formula is C12H15ClFNO4S. The Morgan fingerprint density at radius 3 is 2.65 bits per heavy atom. The standard InChI is InChI=1S/C12H15ClFNO4S/c1-2-3-4-10(12(16)17)15-20(18,19)11-6-5-8(14)7-9(11)13/h5-7,10,15H,2-4H2,1H3,(H,16,17). The van der Waals surface area contributed by atoms with Gasteiger partial charge in [-0.25, -0.2) is 12.8 Å². The van der Waals surface area contributed by atoms with Crippen molar-refractivity contribution in [3.8, 4) is 0 Å². The molecule has 1 rings (SSSR count). The van der Waals surface area contributed by atoms with Crippen molar-refractivity contribution in [2.75, 3.05) is 0 Å². The molecule has 0 radical (unpaired) electrons. The van der Waals surface area contributed by atoms with Crippen molar-refractivity contribution >= 4 is 27.6 Å². The molecule has 0 spiro atoms. The SMILES string of the molecule is CCCCC(NS(=O)(=O)c1ccc(F)cc1Cl)C(=O)O. The molecule has 2 N–H and O–H groups in total. The Morgan fingerprint density at radius 2 is 2.15 bits per heavy atom. The third-order valence-corrected chi connectivity index (χ3v) is 4.58. The van der Waals surface area contributed by atoms with E-state index >= 15 is 0 Å². The van der Waals surface area contributed by atoms with Gasteiger partial charge in [0.2, 0.25) is 10.0 Å². The molecule has 0 saturated heterocycles. The number of halogens is 2. The van der Waals surface area contributed by atoms with Gasteiger partial charge in [-0.15, -0.1) is 0 Å². The van der Waals surface area contributed by atoms with Gasteiger partial charge in [-0.3, -0.25) is 4.79 Å². The Morgan fingerprint density at radius 1 is 1.50 bits per heavy atom. The minimum absolute atomic E-state index is 0.171. The summed E-state index contributed by atoms with van der Waals surface area (Å²) in [5.74, 6) is -1.94. The highest BCUT2D eigenvalue weighted by Crippen LogP contribution is 2.22. The average molecular weight is 324 g/mol. The lowest BCUT2D eigenvalue weighted by Gasteiger charge is -2.15. The van der Waals surface area contributed by atoms with Gasteiger partial charge < -0.3 is 5.11 Å². The molecule has 0 fully saturated rings. The lowest BCUT2D eigenvalue weighted by molar-refractivity contribution is -0.139. The number of carboxylic acid groups (broad SMARTS) is 1. The number of benzene rings is 1. The van der Waals surface area contributed by atoms with Crippen LogP contribution in [0.4, 0.5) is 4.39 Å². The molecule has 0 aliphatic carbocycles. The fraction of sp³-hybridized carbons (Fsp3) is 0.417. The van der Waals surface area contributed by atoms with Crippen molar-refractivity contribution < 1.29 is 22.7 Å². The van der Waals surface area contributed by atoms with E-state index in [1.165, 1.54) is 0 Å². The van der Waals surface area contributed by atoms with E-state index < -0.39 is 27.9 Å². The summed E-state index contributed by atoms with van der Waals surface area (Å²) >= 11 is 5.67. The molecule has 5 nitrogen and oxygen atoms in total. The summed E-state index contributed by atoms with van der Waals surface area (Å²) in [6, 6.07) is 1.57. The van der Waals surface area contributed by atoms with E-state index in [-0.39, 0.29) is 16.3 Å². The number of hydrogen-bond acceptors (Lipinski definition) is 3. The summed E-state index contributed by atoms with van der Waals surface area (Å²) in [4.78, 5) is 10.7. The van der Waals surface area contributed by atoms with Crippen LogP contribution < -0.4 is 4.72 Å². The van der Waals surface area contributed by atoms with Crippen molar-refractivity contribution in [1.29, 1.82) is 0 Å². The number of carboxylic acids is 1. The highest BCUT2D eigenvalue weighted by atomic mass is 35.5. The molecule has 0 aromatic heterocycles. The van der Waals surface area contributed by atoms with Gasteiger partial charge in [0.15, 0.2) is 0 Å². The van der Waals surface area contributed by atoms with Crippen LogP contribution >= 0.6 is 11.6 Å². The smallest absolute Gasteiger partial charge is 0.321 e. The van der Waals surface area contributed by atoms with Gasteiger partial charge in [0.1, 0.15) is 16.8 Å². The predicted octanol–water partition coefficient (Wildman–Crippen LogP) is 2.40. The van der Waals surface area contributed by atoms with Crippen LogP contribution in [-0.2, 0) is 14.8 Å². The molecule has 1 aromatic rings. The molecule has 20 heavy (non-hydrogen) atoms. The van der Waals surface area contributed by atoms with E-state index in [9.17, 15) is 17.6 Å². The molecule has 1 unspecified atom stereocenters. The summed E-state index contributed by atoms with van der Waals surface area (Å²) < 4.78 is 39.1. The quantitative estimate of drug-likeness (QED) is 0.807. The zero-order valence-electron chi connectivity index (χ0n) is 10.8. The predicted molar refractivity (Wildman–Crippen MR) is 72.7 cm³/mol. The number of aliphatic carboxylic acids is 1. The summed E-state index contributed by atoms with van der Waals surface area (Å²) in [6.45, 7) is 1.87. The number of carbonyl (C=O) groups is 1. The molecule has 0 aliphatic rings. The molecule has 0 aliphatic heterocycles. The molecule has 1 atom stereocenters. The minimum atomic E-state index is -4.11. The van der Waals surface area contributed by atoms with Gasteiger partial charge in [0, 0.05) is 0 Å². The molecular weight excluding hydrogens is 309 g/mol. The van der Waals surface area contributed by atoms with E-state index in [1.807, 2.05) is 6.92 Å². The van der Waals surface area contributed by atoms with E-state index in [0.717, 1.165) is 24.6 Å². The second kappa shape index (κ2) is 7.01. The fourth-order valence-electron chi connectivity index (χ4n) is 1.58. The molecule has 0 saturated carbocycles. The van der Waals surface area contributed by atoms with Crippen molar-refractivity contribution in [3.63, 3.8) is 0 Å². The monoisotopic (exact) mass is 323 g/mol. The second-order valence-corrected chi connectivity index (χ2v) is 6.32. The number of nitrogens with one attached hydrogen (secondary N) is 1. The van der Waals surface area contributed by atoms with Crippen LogP contribution in [0.5, 0.6) is 0 Å². The van der Waals surface area contributed by atoms with Gasteiger partial charge in [0.05, 0.1) is 5.02 Å². The van der Waals surface area contributed by atoms with Crippen LogP contribution in [0.25, 0.3) is 0 Å². The van der Waals surface area contributed by atoms with Crippen LogP contribution in [0.2, 0.25) is 5.02 Å². The maximum Gasteiger partial charge on any atom is 0.321 e. The molecule has 0 amide bonds. The minimum Gasteiger partial charge on any atom is -0.480 e. The third kappa shape index (κ3) is 4.43. The highest BCUT2D eigenvalue weighted by Gasteiger charge is 2.26. The molecule has 0 heterocycles. The average Bonchev–Trinajstić information content (AvgIpc) is 2.33. The topological polar surface area (TPSA) is 83.5 Å². The van der Waals surface area contributed by atoms with Gasteiger partial charge in [-0.2, -0.15) is 4.72 Å². The second-order valence-electron chi connectivity index (χ2n) is 4.23. The summed E-state index contributed by atoms with van der Waals surface area (Å²) in [6.07, 6.45) is 1.48. The molecule has 112 valence electrons. The third-order valence-electron chi connectivity index (χ3n) is 2.63. The summed E-state index contributed by atoms with van der Waals surface area (Å²) in [5.41, 5.74) is 0. The Labute approximate surface area is 121 Å². The first-order valence-electron chi connectivity index (χ1n) is 5.98. The summed E-state index contributed by atoms with van der Waals surface area (Å²) in [7, 11) is -4.11. The first kappa shape index (κ1) is 16.9. The largest absolute Gasteiger partial charge is 0.480 e. The van der Waals surface area contributed by atoms with Crippen LogP contribution in [-0.4, -0.2) is 25.5 Å². The lowest BCUT2D eigenvalue weighted by Crippen LogP contribution is -2.40. The van der Waals surface area contributed by atoms with E-state index in [1.54, 1.807) is 0 Å². The maximum absolute atomic E-state index is 12.9. The Bertz CT molecular complexity index is 591. The Hall–Kier alpha value is -1.18. The highest BCUT2D eigenvalue weighted by molar-refractivity contribution is 7.89. The van der Waals surface area contributed by atoms with Crippen LogP contribution in [0.15, 0.2) is 23.1 Å². The van der Waals surface area contributed by atoms with E-state index in [0.29, 0.717) is 6.42 Å². The van der Waals surface area contributed by atoms with Crippen LogP contribution in [0, 0.1) is 5.82 Å². The fourth-order valence-corrected chi connectivity index (χ4v) is 3.34. The zero-order chi connectivity index (χ0) is 15.3. The van der Waals surface area contributed by atoms with Gasteiger partial charge in [0.25, 0.3) is 0 Å². The number of unbranched alkanes of at least 4 members (excludes halogenated alkanes) is 1. The molecule has 8 heteroatoms. The Kier molecular flexibility index (Phi) is 5.91. The van der Waals surface area contributed by atoms with Crippen LogP contribution in [0.1, 0.15) is 26.2 Å². The van der Waals surface area contributed by atoms with Gasteiger partial charge in [-0.1, -0.05) is 31.4 Å². The first-order chi connectivity index (χ1) is 9.27. The van der Waals surface area contributed by atoms with E-state index in [4.69, 9.17) is 16.7 Å². The van der Waals surface area contributed by atoms with Crippen molar-refractivity contribution in [2.24, 2.45) is 0 Å². The molecule has 0 bridgehead atoms. The van der Waals surface area contributed by atoms with Crippen LogP contribution in [0.3, 0.4) is 0 Å². The number of rotatable bonds is 7. The van der Waals surface area contributed by atoms with Crippen molar-refractivity contribution in [1.82, 2.24) is 4.72 Å². The van der Waals surface area contributed by atoms with E-state index in [2.05, 4.69) is 4.72 Å². The van der Waals surface area contributed by atoms with Crippen molar-refractivity contribution in [3.05, 3.63) is 29.0 Å². The zero-order valence-corrected chi connectivity index (χ0v) is 12.3. The maximum atomic E-state index is 12.9. The Balaban J connectivity index is 3.00.